The van der Waals surface area contributed by atoms with Crippen LogP contribution in [0.3, 0.4) is 0 Å². The van der Waals surface area contributed by atoms with E-state index >= 15 is 0 Å². The molecule has 0 saturated carbocycles. The lowest BCUT2D eigenvalue weighted by Gasteiger charge is -2.42. The average Bonchev–Trinajstić information content (AvgIpc) is 3.27. The molecule has 0 aromatic rings. The van der Waals surface area contributed by atoms with E-state index in [0.29, 0.717) is 13.0 Å². The Morgan fingerprint density at radius 1 is 0.516 bits per heavy atom. The third-order valence-corrected chi connectivity index (χ3v) is 11.7. The first-order valence-corrected chi connectivity index (χ1v) is 24.4. The molecule has 0 bridgehead atoms. The van der Waals surface area contributed by atoms with Crippen LogP contribution in [0.25, 0.3) is 0 Å². The molecule has 2 rings (SSSR count). The Bertz CT molecular complexity index is 1120. The van der Waals surface area contributed by atoms with Crippen LogP contribution in [0.1, 0.15) is 174 Å². The van der Waals surface area contributed by atoms with Gasteiger partial charge in [-0.1, -0.05) is 128 Å². The fourth-order valence-electron chi connectivity index (χ4n) is 7.63. The number of carbonyl (C=O) groups excluding carboxylic acids is 1. The lowest BCUT2D eigenvalue weighted by molar-refractivity contribution is -0.332. The van der Waals surface area contributed by atoms with Crippen molar-refractivity contribution in [1.29, 1.82) is 0 Å². The lowest BCUT2D eigenvalue weighted by Crippen LogP contribution is -2.61. The summed E-state index contributed by atoms with van der Waals surface area (Å²) in [4.78, 5) is 12.9. The summed E-state index contributed by atoms with van der Waals surface area (Å²) >= 11 is 0. The quantitative estimate of drug-likeness (QED) is 0.0202. The van der Waals surface area contributed by atoms with Gasteiger partial charge in [0.2, 0.25) is 0 Å². The predicted molar refractivity (Wildman–Crippen MR) is 238 cm³/mol. The molecule has 0 spiro atoms. The van der Waals surface area contributed by atoms with Crippen LogP contribution in [0.15, 0.2) is 24.3 Å². The van der Waals surface area contributed by atoms with Crippen molar-refractivity contribution in [2.45, 2.75) is 242 Å². The van der Waals surface area contributed by atoms with Gasteiger partial charge in [0.25, 0.3) is 0 Å². The first-order chi connectivity index (χ1) is 30.1. The molecule has 11 atom stereocenters. The molecule has 0 radical (unpaired) electrons. The normalized spacial score (nSPS) is 27.4. The van der Waals surface area contributed by atoms with E-state index in [1.165, 1.54) is 83.5 Å². The second-order valence-electron chi connectivity index (χ2n) is 17.3. The Balaban J connectivity index is 1.79. The van der Waals surface area contributed by atoms with Crippen molar-refractivity contribution in [1.82, 2.24) is 0 Å². The molecule has 7 N–H and O–H groups in total. The van der Waals surface area contributed by atoms with E-state index in [4.69, 9.17) is 28.4 Å². The van der Waals surface area contributed by atoms with E-state index in [0.717, 1.165) is 64.2 Å². The van der Waals surface area contributed by atoms with E-state index in [1.54, 1.807) is 0 Å². The Morgan fingerprint density at radius 2 is 0.952 bits per heavy atom. The minimum Gasteiger partial charge on any atom is -0.457 e. The van der Waals surface area contributed by atoms with Gasteiger partial charge < -0.3 is 64.2 Å². The van der Waals surface area contributed by atoms with Crippen LogP contribution in [-0.4, -0.2) is 142 Å². The van der Waals surface area contributed by atoms with Crippen molar-refractivity contribution >= 4 is 5.97 Å². The van der Waals surface area contributed by atoms with Crippen LogP contribution >= 0.6 is 0 Å². The number of aliphatic hydroxyl groups is 7. The fourth-order valence-corrected chi connectivity index (χ4v) is 7.63. The van der Waals surface area contributed by atoms with Crippen LogP contribution in [0.4, 0.5) is 0 Å². The second-order valence-corrected chi connectivity index (χ2v) is 17.3. The number of hydrogen-bond donors (Lipinski definition) is 7. The van der Waals surface area contributed by atoms with Gasteiger partial charge in [-0.15, -0.1) is 0 Å². The summed E-state index contributed by atoms with van der Waals surface area (Å²) in [6.45, 7) is 3.63. The molecular formula is C48H88O14. The highest BCUT2D eigenvalue weighted by Crippen LogP contribution is 2.26. The average molecular weight is 889 g/mol. The standard InChI is InChI=1S/C48H88O14/c1-3-5-7-9-11-13-15-17-18-19-20-22-24-26-28-30-32-57-34-37(60-40(50)31-29-27-25-23-21-16-14-12-10-8-6-4-2)35-58-47-46(56)44(54)42(52)39(62-47)36-59-48-45(55)43(53)41(51)38(33-49)61-48/h12,14,17-18,37-39,41-49,51-56H,3-11,13,15-16,19-36H2,1-2H3/b14-12-,18-17-. The van der Waals surface area contributed by atoms with Crippen molar-refractivity contribution in [3.63, 3.8) is 0 Å². The van der Waals surface area contributed by atoms with Gasteiger partial charge in [-0.25, -0.2) is 0 Å². The molecule has 2 aliphatic heterocycles. The van der Waals surface area contributed by atoms with Gasteiger partial charge in [0.1, 0.15) is 54.9 Å². The van der Waals surface area contributed by atoms with Crippen molar-refractivity contribution < 1.29 is 69.0 Å². The van der Waals surface area contributed by atoms with Gasteiger partial charge in [0.15, 0.2) is 12.6 Å². The molecular weight excluding hydrogens is 801 g/mol. The third-order valence-electron chi connectivity index (χ3n) is 11.7. The van der Waals surface area contributed by atoms with Crippen molar-refractivity contribution in [2.24, 2.45) is 0 Å². The molecule has 0 aromatic carbocycles. The number of ether oxygens (including phenoxy) is 6. The van der Waals surface area contributed by atoms with Crippen molar-refractivity contribution in [3.8, 4) is 0 Å². The number of hydrogen-bond acceptors (Lipinski definition) is 14. The molecule has 2 aliphatic rings. The maximum atomic E-state index is 12.9. The van der Waals surface area contributed by atoms with Crippen LogP contribution < -0.4 is 0 Å². The molecule has 2 fully saturated rings. The van der Waals surface area contributed by atoms with Gasteiger partial charge in [0.05, 0.1) is 26.4 Å². The van der Waals surface area contributed by atoms with Gasteiger partial charge in [0, 0.05) is 13.0 Å². The van der Waals surface area contributed by atoms with E-state index < -0.39 is 80.7 Å². The van der Waals surface area contributed by atoms with Crippen molar-refractivity contribution in [2.75, 3.05) is 33.0 Å². The summed E-state index contributed by atoms with van der Waals surface area (Å²) in [5.74, 6) is -0.388. The smallest absolute Gasteiger partial charge is 0.306 e. The molecule has 2 heterocycles. The minimum atomic E-state index is -1.71. The van der Waals surface area contributed by atoms with E-state index in [-0.39, 0.29) is 25.6 Å². The fraction of sp³-hybridized carbons (Fsp3) is 0.896. The summed E-state index contributed by atoms with van der Waals surface area (Å²) < 4.78 is 34.2. The predicted octanol–water partition coefficient (Wildman–Crippen LogP) is 6.46. The Morgan fingerprint density at radius 3 is 1.50 bits per heavy atom. The number of esters is 1. The number of unbranched alkanes of at least 4 members (excludes halogenated alkanes) is 20. The third kappa shape index (κ3) is 24.7. The minimum absolute atomic E-state index is 0.0560. The summed E-state index contributed by atoms with van der Waals surface area (Å²) in [5.41, 5.74) is 0. The van der Waals surface area contributed by atoms with E-state index in [9.17, 15) is 40.5 Å². The second kappa shape index (κ2) is 36.7. The molecule has 14 nitrogen and oxygen atoms in total. The zero-order valence-corrected chi connectivity index (χ0v) is 38.4. The highest BCUT2D eigenvalue weighted by atomic mass is 16.7. The van der Waals surface area contributed by atoms with Gasteiger partial charge in [-0.05, 0) is 64.2 Å². The van der Waals surface area contributed by atoms with E-state index in [1.807, 2.05) is 0 Å². The van der Waals surface area contributed by atoms with Gasteiger partial charge >= 0.3 is 5.97 Å². The summed E-state index contributed by atoms with van der Waals surface area (Å²) in [5, 5.41) is 72.0. The van der Waals surface area contributed by atoms with Gasteiger partial charge in [-0.2, -0.15) is 0 Å². The molecule has 11 unspecified atom stereocenters. The Kier molecular flexibility index (Phi) is 33.5. The lowest BCUT2D eigenvalue weighted by atomic mass is 9.98. The highest BCUT2D eigenvalue weighted by Gasteiger charge is 2.47. The maximum absolute atomic E-state index is 12.9. The molecule has 0 aliphatic carbocycles. The number of allylic oxidation sites excluding steroid dienone is 4. The molecule has 14 heteroatoms. The van der Waals surface area contributed by atoms with Crippen LogP contribution in [0, 0.1) is 0 Å². The number of aliphatic hydroxyl groups excluding tert-OH is 7. The van der Waals surface area contributed by atoms with Crippen LogP contribution in [0.2, 0.25) is 0 Å². The first-order valence-electron chi connectivity index (χ1n) is 24.4. The van der Waals surface area contributed by atoms with Crippen molar-refractivity contribution in [3.05, 3.63) is 24.3 Å². The zero-order chi connectivity index (χ0) is 45.2. The maximum Gasteiger partial charge on any atom is 0.306 e. The molecule has 0 aromatic heterocycles. The molecule has 0 amide bonds. The largest absolute Gasteiger partial charge is 0.457 e. The summed E-state index contributed by atoms with van der Waals surface area (Å²) in [6, 6.07) is 0. The van der Waals surface area contributed by atoms with E-state index in [2.05, 4.69) is 38.2 Å². The van der Waals surface area contributed by atoms with Gasteiger partial charge in [-0.3, -0.25) is 4.79 Å². The molecule has 62 heavy (non-hydrogen) atoms. The van der Waals surface area contributed by atoms with Crippen LogP contribution in [-0.2, 0) is 33.2 Å². The summed E-state index contributed by atoms with van der Waals surface area (Å²) in [6.07, 6.45) is 21.0. The summed E-state index contributed by atoms with van der Waals surface area (Å²) in [7, 11) is 0. The number of carbonyl (C=O) groups is 1. The molecule has 2 saturated heterocycles. The Hall–Kier alpha value is -1.53. The Labute approximate surface area is 373 Å². The monoisotopic (exact) mass is 889 g/mol. The molecule has 364 valence electrons. The SMILES string of the molecule is CCCCC/C=C\CCCCCCCC(=O)OC(COCCCCCCCC/C=C\CCCCCCCC)COC1OC(COC2OC(CO)C(O)C(O)C2O)C(O)C(O)C1O. The topological polar surface area (TPSA) is 214 Å². The van der Waals surface area contributed by atoms with Crippen LogP contribution in [0.5, 0.6) is 0 Å². The highest BCUT2D eigenvalue weighted by molar-refractivity contribution is 5.69. The number of rotatable bonds is 38. The zero-order valence-electron chi connectivity index (χ0n) is 38.4. The first kappa shape index (κ1) is 56.6.